The number of benzene rings is 3. The van der Waals surface area contributed by atoms with Crippen LogP contribution in [-0.4, -0.2) is 11.9 Å². The lowest BCUT2D eigenvalue weighted by Gasteiger charge is -2.20. The van der Waals surface area contributed by atoms with Crippen LogP contribution in [0.1, 0.15) is 34.3 Å². The van der Waals surface area contributed by atoms with Crippen molar-refractivity contribution in [2.75, 3.05) is 5.32 Å². The second-order valence-corrected chi connectivity index (χ2v) is 9.20. The summed E-state index contributed by atoms with van der Waals surface area (Å²) in [5.74, 6) is -1.26. The number of imide groups is 1. The fourth-order valence-corrected chi connectivity index (χ4v) is 4.85. The van der Waals surface area contributed by atoms with Gasteiger partial charge in [0.1, 0.15) is 11.6 Å². The van der Waals surface area contributed by atoms with Gasteiger partial charge in [-0.15, -0.1) is 0 Å². The second-order valence-electron chi connectivity index (χ2n) is 7.60. The highest BCUT2D eigenvalue weighted by Gasteiger charge is 2.21. The standard InChI is InChI=1S/C24H17Cl4FN2O3/c25-15-6-3-7-18(29)20(15)23(32)31-24(33)30-13-10-16(26)22(17(27)11-13)34-19-9-8-12-4-1-2-5-14(12)21(19)28/h3,6-11H,1-2,4-5H2,(H2,30,31,32,33). The molecule has 1 aliphatic carbocycles. The van der Waals surface area contributed by atoms with E-state index in [0.29, 0.717) is 10.8 Å². The fraction of sp³-hybridized carbons (Fsp3) is 0.167. The minimum absolute atomic E-state index is 0.111. The van der Waals surface area contributed by atoms with E-state index >= 15 is 0 Å². The molecular formula is C24H17Cl4FN2O3. The normalized spacial score (nSPS) is 12.6. The molecule has 0 heterocycles. The minimum atomic E-state index is -1.00. The van der Waals surface area contributed by atoms with Gasteiger partial charge in [-0.3, -0.25) is 10.1 Å². The number of hydrogen-bond acceptors (Lipinski definition) is 3. The van der Waals surface area contributed by atoms with Crippen molar-refractivity contribution in [2.45, 2.75) is 25.7 Å². The Morgan fingerprint density at radius 1 is 0.912 bits per heavy atom. The lowest BCUT2D eigenvalue weighted by Crippen LogP contribution is -2.35. The van der Waals surface area contributed by atoms with E-state index < -0.39 is 23.3 Å². The van der Waals surface area contributed by atoms with Crippen LogP contribution in [0, 0.1) is 5.82 Å². The number of nitrogens with one attached hydrogen (secondary N) is 2. The molecule has 2 N–H and O–H groups in total. The van der Waals surface area contributed by atoms with Crippen molar-refractivity contribution in [3.8, 4) is 11.5 Å². The van der Waals surface area contributed by atoms with Crippen molar-refractivity contribution in [2.24, 2.45) is 0 Å². The number of amides is 3. The number of fused-ring (bicyclic) bond motifs is 1. The Bertz CT molecular complexity index is 1260. The molecule has 1 aliphatic rings. The number of carbonyl (C=O) groups excluding carboxylic acids is 2. The summed E-state index contributed by atoms with van der Waals surface area (Å²) in [5, 5.41) is 5.05. The molecule has 176 valence electrons. The number of aryl methyl sites for hydroxylation is 1. The average molecular weight is 542 g/mol. The Kier molecular flexibility index (Phi) is 7.53. The van der Waals surface area contributed by atoms with Crippen molar-refractivity contribution < 1.29 is 18.7 Å². The Hall–Kier alpha value is -2.51. The van der Waals surface area contributed by atoms with Gasteiger partial charge in [0.15, 0.2) is 5.75 Å². The van der Waals surface area contributed by atoms with Crippen LogP contribution < -0.4 is 15.4 Å². The summed E-state index contributed by atoms with van der Waals surface area (Å²) in [7, 11) is 0. The van der Waals surface area contributed by atoms with Crippen molar-refractivity contribution in [1.82, 2.24) is 5.32 Å². The molecule has 10 heteroatoms. The zero-order chi connectivity index (χ0) is 24.4. The Morgan fingerprint density at radius 3 is 2.32 bits per heavy atom. The number of rotatable bonds is 4. The maximum Gasteiger partial charge on any atom is 0.326 e. The number of carbonyl (C=O) groups is 2. The van der Waals surface area contributed by atoms with Crippen LogP contribution in [0.3, 0.4) is 0 Å². The van der Waals surface area contributed by atoms with Gasteiger partial charge in [0.25, 0.3) is 5.91 Å². The van der Waals surface area contributed by atoms with E-state index in [-0.39, 0.29) is 26.5 Å². The van der Waals surface area contributed by atoms with Crippen molar-refractivity contribution in [1.29, 1.82) is 0 Å². The smallest absolute Gasteiger partial charge is 0.326 e. The molecule has 0 atom stereocenters. The van der Waals surface area contributed by atoms with Crippen LogP contribution in [0.25, 0.3) is 0 Å². The largest absolute Gasteiger partial charge is 0.453 e. The third-order valence-corrected chi connectivity index (χ3v) is 6.60. The number of urea groups is 1. The number of halogens is 5. The molecule has 34 heavy (non-hydrogen) atoms. The molecule has 0 aliphatic heterocycles. The SMILES string of the molecule is O=C(NC(=O)c1c(F)cccc1Cl)Nc1cc(Cl)c(Oc2ccc3c(c2Cl)CCCC3)c(Cl)c1. The number of ether oxygens (including phenoxy) is 1. The molecule has 0 aromatic heterocycles. The van der Waals surface area contributed by atoms with Crippen molar-refractivity contribution in [3.63, 3.8) is 0 Å². The molecule has 0 fully saturated rings. The summed E-state index contributed by atoms with van der Waals surface area (Å²) in [6.45, 7) is 0. The first-order valence-corrected chi connectivity index (χ1v) is 11.8. The van der Waals surface area contributed by atoms with E-state index in [1.165, 1.54) is 29.8 Å². The van der Waals surface area contributed by atoms with E-state index in [2.05, 4.69) is 5.32 Å². The predicted molar refractivity (Wildman–Crippen MR) is 133 cm³/mol. The summed E-state index contributed by atoms with van der Waals surface area (Å²) in [6, 6.07) is 9.37. The fourth-order valence-electron chi connectivity index (χ4n) is 3.72. The van der Waals surface area contributed by atoms with Gasteiger partial charge in [-0.2, -0.15) is 0 Å². The number of anilines is 1. The Morgan fingerprint density at radius 2 is 1.62 bits per heavy atom. The highest BCUT2D eigenvalue weighted by Crippen LogP contribution is 2.43. The topological polar surface area (TPSA) is 67.4 Å². The van der Waals surface area contributed by atoms with Crippen LogP contribution in [0.2, 0.25) is 20.1 Å². The van der Waals surface area contributed by atoms with Gasteiger partial charge in [0.2, 0.25) is 0 Å². The van der Waals surface area contributed by atoms with Gasteiger partial charge in [0, 0.05) is 5.69 Å². The van der Waals surface area contributed by atoms with E-state index in [9.17, 15) is 14.0 Å². The van der Waals surface area contributed by atoms with E-state index in [1.54, 1.807) is 6.07 Å². The minimum Gasteiger partial charge on any atom is -0.453 e. The van der Waals surface area contributed by atoms with E-state index in [1.807, 2.05) is 11.4 Å². The van der Waals surface area contributed by atoms with Crippen molar-refractivity contribution in [3.05, 3.63) is 85.1 Å². The molecule has 0 bridgehead atoms. The van der Waals surface area contributed by atoms with Gasteiger partial charge >= 0.3 is 6.03 Å². The summed E-state index contributed by atoms with van der Waals surface area (Å²) in [6.07, 6.45) is 4.04. The highest BCUT2D eigenvalue weighted by molar-refractivity contribution is 6.38. The van der Waals surface area contributed by atoms with E-state index in [4.69, 9.17) is 51.1 Å². The van der Waals surface area contributed by atoms with Crippen molar-refractivity contribution >= 4 is 64.0 Å². The molecule has 0 radical (unpaired) electrons. The van der Waals surface area contributed by atoms with Gasteiger partial charge in [-0.25, -0.2) is 9.18 Å². The third kappa shape index (κ3) is 5.26. The van der Waals surface area contributed by atoms with Crippen LogP contribution in [0.4, 0.5) is 14.9 Å². The molecule has 3 aromatic carbocycles. The monoisotopic (exact) mass is 540 g/mol. The molecule has 5 nitrogen and oxygen atoms in total. The summed E-state index contributed by atoms with van der Waals surface area (Å²) in [5.41, 5.74) is 2.01. The third-order valence-electron chi connectivity index (χ3n) is 5.31. The predicted octanol–water partition coefficient (Wildman–Crippen LogP) is 8.07. The van der Waals surface area contributed by atoms with Crippen LogP contribution in [0.15, 0.2) is 42.5 Å². The van der Waals surface area contributed by atoms with Gasteiger partial charge in [-0.05, 0) is 67.1 Å². The Labute approximate surface area is 215 Å². The summed E-state index contributed by atoms with van der Waals surface area (Å²) >= 11 is 25.1. The van der Waals surface area contributed by atoms with Gasteiger partial charge in [0.05, 0.1) is 25.7 Å². The Balaban J connectivity index is 1.49. The summed E-state index contributed by atoms with van der Waals surface area (Å²) < 4.78 is 19.8. The van der Waals surface area contributed by atoms with Crippen LogP contribution >= 0.6 is 46.4 Å². The van der Waals surface area contributed by atoms with Gasteiger partial charge in [-0.1, -0.05) is 58.5 Å². The molecule has 0 spiro atoms. The maximum atomic E-state index is 13.9. The first kappa shape index (κ1) is 24.6. The lowest BCUT2D eigenvalue weighted by molar-refractivity contribution is 0.0963. The van der Waals surface area contributed by atoms with Crippen LogP contribution in [0.5, 0.6) is 11.5 Å². The highest BCUT2D eigenvalue weighted by atomic mass is 35.5. The zero-order valence-electron chi connectivity index (χ0n) is 17.5. The molecule has 0 saturated heterocycles. The summed E-state index contributed by atoms with van der Waals surface area (Å²) in [4.78, 5) is 24.5. The quantitative estimate of drug-likeness (QED) is 0.351. The molecule has 0 unspecified atom stereocenters. The van der Waals surface area contributed by atoms with Gasteiger partial charge < -0.3 is 10.1 Å². The lowest BCUT2D eigenvalue weighted by atomic mass is 9.91. The molecule has 3 aromatic rings. The first-order chi connectivity index (χ1) is 16.2. The average Bonchev–Trinajstić information content (AvgIpc) is 2.77. The molecular weight excluding hydrogens is 525 g/mol. The van der Waals surface area contributed by atoms with Crippen LogP contribution in [-0.2, 0) is 12.8 Å². The number of hydrogen-bond donors (Lipinski definition) is 2. The van der Waals surface area contributed by atoms with E-state index in [0.717, 1.165) is 37.3 Å². The molecule has 3 amide bonds. The first-order valence-electron chi connectivity index (χ1n) is 10.3. The molecule has 0 saturated carbocycles. The zero-order valence-corrected chi connectivity index (χ0v) is 20.5. The second kappa shape index (κ2) is 10.4. The molecule has 4 rings (SSSR count). The maximum absolute atomic E-state index is 13.9.